The number of hydrogen-bond donors (Lipinski definition) is 3. The number of nitrogens with one attached hydrogen (secondary N) is 2. The molecular weight excluding hydrogens is 356 g/mol. The molecule has 28 heavy (non-hydrogen) atoms. The molecule has 0 radical (unpaired) electrons. The highest BCUT2D eigenvalue weighted by Crippen LogP contribution is 2.23. The summed E-state index contributed by atoms with van der Waals surface area (Å²) in [5.74, 6) is -1.05. The van der Waals surface area contributed by atoms with Gasteiger partial charge in [-0.3, -0.25) is 14.4 Å². The van der Waals surface area contributed by atoms with Gasteiger partial charge in [0.05, 0.1) is 17.2 Å². The van der Waals surface area contributed by atoms with Crippen LogP contribution < -0.4 is 16.4 Å². The van der Waals surface area contributed by atoms with Gasteiger partial charge in [-0.15, -0.1) is 0 Å². The van der Waals surface area contributed by atoms with Crippen molar-refractivity contribution in [2.24, 2.45) is 11.7 Å². The van der Waals surface area contributed by atoms with Gasteiger partial charge in [-0.25, -0.2) is 0 Å². The minimum absolute atomic E-state index is 0.0435. The van der Waals surface area contributed by atoms with Gasteiger partial charge in [-0.2, -0.15) is 0 Å². The number of carbonyl (C=O) groups excluding carboxylic acids is 3. The number of para-hydroxylation sites is 1. The van der Waals surface area contributed by atoms with Crippen molar-refractivity contribution in [2.75, 3.05) is 25.0 Å². The molecule has 0 aromatic heterocycles. The van der Waals surface area contributed by atoms with E-state index in [0.29, 0.717) is 37.4 Å². The third kappa shape index (κ3) is 4.75. The number of hydrogen-bond acceptors (Lipinski definition) is 4. The molecule has 2 aromatic carbocycles. The minimum atomic E-state index is -0.448. The average Bonchev–Trinajstić information content (AvgIpc) is 3.08. The van der Waals surface area contributed by atoms with Gasteiger partial charge >= 0.3 is 0 Å². The fourth-order valence-electron chi connectivity index (χ4n) is 3.21. The van der Waals surface area contributed by atoms with Crippen molar-refractivity contribution in [1.29, 1.82) is 0 Å². The quantitative estimate of drug-likeness (QED) is 0.675. The molecule has 1 aliphatic heterocycles. The highest BCUT2D eigenvalue weighted by molar-refractivity contribution is 6.05. The van der Waals surface area contributed by atoms with E-state index in [0.717, 1.165) is 5.56 Å². The smallest absolute Gasteiger partial charge is 0.253 e. The van der Waals surface area contributed by atoms with Crippen LogP contribution in [-0.4, -0.2) is 42.3 Å². The van der Waals surface area contributed by atoms with Crippen LogP contribution in [0.25, 0.3) is 0 Å². The van der Waals surface area contributed by atoms with E-state index in [2.05, 4.69) is 10.6 Å². The first-order chi connectivity index (χ1) is 13.6. The summed E-state index contributed by atoms with van der Waals surface area (Å²) in [5, 5.41) is 5.50. The third-order valence-electron chi connectivity index (χ3n) is 4.66. The number of rotatable bonds is 7. The van der Waals surface area contributed by atoms with E-state index < -0.39 is 5.92 Å². The molecule has 1 aliphatic rings. The standard InChI is InChI=1S/C21H24N4O3/c22-10-11-23-21(28)17-8-4-5-9-18(17)24-20(27)16-12-19(26)25(14-16)13-15-6-2-1-3-7-15/h1-9,16H,10-14,22H2,(H,23,28)(H,24,27). The Bertz CT molecular complexity index is 854. The summed E-state index contributed by atoms with van der Waals surface area (Å²) in [6.45, 7) is 1.54. The number of nitrogens with zero attached hydrogens (tertiary/aromatic N) is 1. The molecule has 2 aromatic rings. The van der Waals surface area contributed by atoms with E-state index in [9.17, 15) is 14.4 Å². The summed E-state index contributed by atoms with van der Waals surface area (Å²) in [7, 11) is 0. The summed E-state index contributed by atoms with van der Waals surface area (Å²) in [6.07, 6.45) is 0.167. The summed E-state index contributed by atoms with van der Waals surface area (Å²) < 4.78 is 0. The molecule has 0 aliphatic carbocycles. The van der Waals surface area contributed by atoms with Crippen LogP contribution in [0.5, 0.6) is 0 Å². The van der Waals surface area contributed by atoms with E-state index in [1.807, 2.05) is 30.3 Å². The van der Waals surface area contributed by atoms with E-state index in [-0.39, 0.29) is 24.1 Å². The van der Waals surface area contributed by atoms with Gasteiger partial charge < -0.3 is 21.3 Å². The molecule has 4 N–H and O–H groups in total. The molecule has 7 heteroatoms. The summed E-state index contributed by atoms with van der Waals surface area (Å²) in [6, 6.07) is 16.5. The molecule has 1 saturated heterocycles. The second kappa shape index (κ2) is 9.14. The third-order valence-corrected chi connectivity index (χ3v) is 4.66. The lowest BCUT2D eigenvalue weighted by Crippen LogP contribution is -2.31. The Balaban J connectivity index is 1.64. The first kappa shape index (κ1) is 19.6. The zero-order chi connectivity index (χ0) is 19.9. The lowest BCUT2D eigenvalue weighted by molar-refractivity contribution is -0.128. The normalized spacial score (nSPS) is 16.1. The molecule has 1 atom stereocenters. The van der Waals surface area contributed by atoms with Crippen molar-refractivity contribution >= 4 is 23.4 Å². The van der Waals surface area contributed by atoms with Gasteiger partial charge in [-0.1, -0.05) is 42.5 Å². The van der Waals surface area contributed by atoms with Crippen LogP contribution >= 0.6 is 0 Å². The lowest BCUT2D eigenvalue weighted by atomic mass is 10.1. The van der Waals surface area contributed by atoms with Gasteiger partial charge in [0.15, 0.2) is 0 Å². The van der Waals surface area contributed by atoms with Crippen molar-refractivity contribution in [3.8, 4) is 0 Å². The second-order valence-corrected chi connectivity index (χ2v) is 6.74. The van der Waals surface area contributed by atoms with Crippen molar-refractivity contribution in [3.05, 3.63) is 65.7 Å². The maximum atomic E-state index is 12.7. The summed E-state index contributed by atoms with van der Waals surface area (Å²) in [5.41, 5.74) is 7.24. The van der Waals surface area contributed by atoms with Crippen LogP contribution in [0.3, 0.4) is 0 Å². The predicted octanol–water partition coefficient (Wildman–Crippen LogP) is 1.36. The van der Waals surface area contributed by atoms with Crippen molar-refractivity contribution in [1.82, 2.24) is 10.2 Å². The molecular formula is C21H24N4O3. The van der Waals surface area contributed by atoms with Crippen LogP contribution in [0.1, 0.15) is 22.3 Å². The fraction of sp³-hybridized carbons (Fsp3) is 0.286. The molecule has 146 valence electrons. The SMILES string of the molecule is NCCNC(=O)c1ccccc1NC(=O)C1CC(=O)N(Cc2ccccc2)C1. The average molecular weight is 380 g/mol. The van der Waals surface area contributed by atoms with Gasteiger partial charge in [-0.05, 0) is 17.7 Å². The Morgan fingerprint density at radius 1 is 1.07 bits per heavy atom. The van der Waals surface area contributed by atoms with Crippen molar-refractivity contribution in [3.63, 3.8) is 0 Å². The number of benzene rings is 2. The number of amides is 3. The topological polar surface area (TPSA) is 105 Å². The van der Waals surface area contributed by atoms with Gasteiger partial charge in [0.25, 0.3) is 5.91 Å². The number of carbonyl (C=O) groups is 3. The molecule has 0 spiro atoms. The van der Waals surface area contributed by atoms with E-state index in [4.69, 9.17) is 5.73 Å². The van der Waals surface area contributed by atoms with Crippen LogP contribution in [0, 0.1) is 5.92 Å². The molecule has 0 bridgehead atoms. The first-order valence-corrected chi connectivity index (χ1v) is 9.28. The largest absolute Gasteiger partial charge is 0.351 e. The first-order valence-electron chi connectivity index (χ1n) is 9.28. The second-order valence-electron chi connectivity index (χ2n) is 6.74. The van der Waals surface area contributed by atoms with Crippen LogP contribution in [-0.2, 0) is 16.1 Å². The van der Waals surface area contributed by atoms with Gasteiger partial charge in [0.2, 0.25) is 11.8 Å². The number of anilines is 1. The summed E-state index contributed by atoms with van der Waals surface area (Å²) in [4.78, 5) is 39.0. The maximum Gasteiger partial charge on any atom is 0.253 e. The summed E-state index contributed by atoms with van der Waals surface area (Å²) >= 11 is 0. The molecule has 3 rings (SSSR count). The Morgan fingerprint density at radius 2 is 1.79 bits per heavy atom. The monoisotopic (exact) mass is 380 g/mol. The highest BCUT2D eigenvalue weighted by atomic mass is 16.2. The molecule has 7 nitrogen and oxygen atoms in total. The van der Waals surface area contributed by atoms with Crippen molar-refractivity contribution in [2.45, 2.75) is 13.0 Å². The molecule has 0 saturated carbocycles. The van der Waals surface area contributed by atoms with Crippen LogP contribution in [0.2, 0.25) is 0 Å². The fourth-order valence-corrected chi connectivity index (χ4v) is 3.21. The highest BCUT2D eigenvalue weighted by Gasteiger charge is 2.34. The lowest BCUT2D eigenvalue weighted by Gasteiger charge is -2.17. The molecule has 1 fully saturated rings. The van der Waals surface area contributed by atoms with E-state index >= 15 is 0 Å². The zero-order valence-corrected chi connectivity index (χ0v) is 15.6. The zero-order valence-electron chi connectivity index (χ0n) is 15.6. The maximum absolute atomic E-state index is 12.7. The van der Waals surface area contributed by atoms with E-state index in [1.54, 1.807) is 29.2 Å². The Hall–Kier alpha value is -3.19. The van der Waals surface area contributed by atoms with Crippen molar-refractivity contribution < 1.29 is 14.4 Å². The van der Waals surface area contributed by atoms with E-state index in [1.165, 1.54) is 0 Å². The molecule has 1 heterocycles. The van der Waals surface area contributed by atoms with Gasteiger partial charge in [0, 0.05) is 32.6 Å². The Morgan fingerprint density at radius 3 is 2.54 bits per heavy atom. The predicted molar refractivity (Wildman–Crippen MR) is 106 cm³/mol. The van der Waals surface area contributed by atoms with Gasteiger partial charge in [0.1, 0.15) is 0 Å². The Kier molecular flexibility index (Phi) is 6.39. The molecule has 3 amide bonds. The van der Waals surface area contributed by atoms with Crippen LogP contribution in [0.15, 0.2) is 54.6 Å². The number of nitrogens with two attached hydrogens (primary N) is 1. The number of likely N-dealkylation sites (tertiary alicyclic amines) is 1. The minimum Gasteiger partial charge on any atom is -0.351 e. The Labute approximate surface area is 163 Å². The van der Waals surface area contributed by atoms with Crippen LogP contribution in [0.4, 0.5) is 5.69 Å². The molecule has 1 unspecified atom stereocenters.